The molecule has 1 saturated heterocycles. The van der Waals surface area contributed by atoms with E-state index in [0.29, 0.717) is 12.1 Å². The molecule has 1 aromatic carbocycles. The topological polar surface area (TPSA) is 78.0 Å². The number of amides is 1. The van der Waals surface area contributed by atoms with Crippen molar-refractivity contribution in [1.29, 1.82) is 0 Å². The van der Waals surface area contributed by atoms with E-state index in [1.165, 1.54) is 0 Å². The fourth-order valence-corrected chi connectivity index (χ4v) is 3.07. The van der Waals surface area contributed by atoms with Crippen LogP contribution in [-0.2, 0) is 11.3 Å². The average Bonchev–Trinajstić information content (AvgIpc) is 2.75. The van der Waals surface area contributed by atoms with Crippen molar-refractivity contribution in [1.82, 2.24) is 20.9 Å². The zero-order valence-corrected chi connectivity index (χ0v) is 18.2. The van der Waals surface area contributed by atoms with Gasteiger partial charge in [0.05, 0.1) is 19.8 Å². The average molecular weight is 404 g/mol. The minimum Gasteiger partial charge on any atom is -0.379 e. The maximum atomic E-state index is 12.3. The standard InChI is InChI=1S/C22H37N5O2/c1-4-18(3)26-21(28)20-9-6-8-19(16-20)17-25-22(23-5-2)24-10-7-11-27-12-14-29-15-13-27/h6,8-9,16,18H,4-5,7,10-15,17H2,1-3H3,(H,26,28)(H2,23,24,25). The van der Waals surface area contributed by atoms with E-state index in [1.807, 2.05) is 31.2 Å². The first-order chi connectivity index (χ1) is 14.1. The summed E-state index contributed by atoms with van der Waals surface area (Å²) in [6, 6.07) is 7.86. The number of morpholine rings is 1. The maximum absolute atomic E-state index is 12.3. The molecule has 2 rings (SSSR count). The molecule has 1 atom stereocenters. The SMILES string of the molecule is CCNC(=NCc1cccc(C(=O)NC(C)CC)c1)NCCCN1CCOCC1. The first-order valence-electron chi connectivity index (χ1n) is 10.8. The van der Waals surface area contributed by atoms with Gasteiger partial charge in [0.1, 0.15) is 0 Å². The molecule has 0 spiro atoms. The Balaban J connectivity index is 1.83. The van der Waals surface area contributed by atoms with Gasteiger partial charge in [-0.05, 0) is 50.9 Å². The summed E-state index contributed by atoms with van der Waals surface area (Å²) in [5.41, 5.74) is 1.70. The van der Waals surface area contributed by atoms with Crippen molar-refractivity contribution in [3.05, 3.63) is 35.4 Å². The molecule has 29 heavy (non-hydrogen) atoms. The van der Waals surface area contributed by atoms with E-state index in [9.17, 15) is 4.79 Å². The van der Waals surface area contributed by atoms with E-state index < -0.39 is 0 Å². The summed E-state index contributed by atoms with van der Waals surface area (Å²) in [5, 5.41) is 9.70. The molecule has 0 bridgehead atoms. The van der Waals surface area contributed by atoms with Crippen LogP contribution in [0.1, 0.15) is 49.5 Å². The molecule has 1 heterocycles. The molecule has 7 heteroatoms. The molecule has 1 aliphatic heterocycles. The smallest absolute Gasteiger partial charge is 0.251 e. The Labute approximate surface area is 175 Å². The van der Waals surface area contributed by atoms with Gasteiger partial charge in [-0.3, -0.25) is 9.69 Å². The van der Waals surface area contributed by atoms with Gasteiger partial charge in [-0.25, -0.2) is 4.99 Å². The predicted molar refractivity (Wildman–Crippen MR) is 118 cm³/mol. The molecule has 1 aromatic rings. The van der Waals surface area contributed by atoms with Gasteiger partial charge in [-0.1, -0.05) is 19.1 Å². The third-order valence-electron chi connectivity index (χ3n) is 4.99. The van der Waals surface area contributed by atoms with Crippen LogP contribution in [0.4, 0.5) is 0 Å². The fraction of sp³-hybridized carbons (Fsp3) is 0.636. The number of rotatable bonds is 10. The Bertz CT molecular complexity index is 644. The Hall–Kier alpha value is -2.12. The molecule has 1 amide bonds. The molecule has 162 valence electrons. The molecule has 0 aromatic heterocycles. The summed E-state index contributed by atoms with van der Waals surface area (Å²) in [7, 11) is 0. The molecule has 1 fully saturated rings. The first kappa shape index (κ1) is 23.2. The van der Waals surface area contributed by atoms with Crippen LogP contribution < -0.4 is 16.0 Å². The van der Waals surface area contributed by atoms with Crippen LogP contribution in [0.5, 0.6) is 0 Å². The molecule has 0 radical (unpaired) electrons. The number of aliphatic imine (C=N–C) groups is 1. The Kier molecular flexibility index (Phi) is 10.5. The summed E-state index contributed by atoms with van der Waals surface area (Å²) >= 11 is 0. The lowest BCUT2D eigenvalue weighted by atomic mass is 10.1. The van der Waals surface area contributed by atoms with Gasteiger partial charge < -0.3 is 20.7 Å². The first-order valence-corrected chi connectivity index (χ1v) is 10.8. The Morgan fingerprint density at radius 3 is 2.76 bits per heavy atom. The molecule has 3 N–H and O–H groups in total. The van der Waals surface area contributed by atoms with Crippen LogP contribution in [0.25, 0.3) is 0 Å². The maximum Gasteiger partial charge on any atom is 0.251 e. The van der Waals surface area contributed by atoms with Crippen LogP contribution in [0.15, 0.2) is 29.3 Å². The van der Waals surface area contributed by atoms with E-state index >= 15 is 0 Å². The molecular formula is C22H37N5O2. The molecule has 0 aliphatic carbocycles. The lowest BCUT2D eigenvalue weighted by molar-refractivity contribution is 0.0376. The second-order valence-electron chi connectivity index (χ2n) is 7.41. The Morgan fingerprint density at radius 1 is 1.24 bits per heavy atom. The molecule has 0 saturated carbocycles. The highest BCUT2D eigenvalue weighted by Gasteiger charge is 2.10. The third-order valence-corrected chi connectivity index (χ3v) is 4.99. The van der Waals surface area contributed by atoms with Gasteiger partial charge in [0.25, 0.3) is 5.91 Å². The summed E-state index contributed by atoms with van der Waals surface area (Å²) < 4.78 is 5.39. The van der Waals surface area contributed by atoms with E-state index in [4.69, 9.17) is 4.74 Å². The van der Waals surface area contributed by atoms with E-state index in [1.54, 1.807) is 0 Å². The van der Waals surface area contributed by atoms with Crippen molar-refractivity contribution in [2.75, 3.05) is 45.9 Å². The van der Waals surface area contributed by atoms with Gasteiger partial charge in [0.2, 0.25) is 0 Å². The number of benzene rings is 1. The number of nitrogens with zero attached hydrogens (tertiary/aromatic N) is 2. The molecule has 7 nitrogen and oxygen atoms in total. The highest BCUT2D eigenvalue weighted by molar-refractivity contribution is 5.94. The fourth-order valence-electron chi connectivity index (χ4n) is 3.07. The minimum absolute atomic E-state index is 0.0293. The minimum atomic E-state index is -0.0293. The van der Waals surface area contributed by atoms with Crippen LogP contribution in [0, 0.1) is 0 Å². The number of nitrogens with one attached hydrogen (secondary N) is 3. The van der Waals surface area contributed by atoms with Crippen LogP contribution >= 0.6 is 0 Å². The molecule has 1 unspecified atom stereocenters. The lowest BCUT2D eigenvalue weighted by Crippen LogP contribution is -2.40. The lowest BCUT2D eigenvalue weighted by Gasteiger charge is -2.26. The van der Waals surface area contributed by atoms with Gasteiger partial charge >= 0.3 is 0 Å². The van der Waals surface area contributed by atoms with E-state index in [-0.39, 0.29) is 11.9 Å². The van der Waals surface area contributed by atoms with Gasteiger partial charge in [0, 0.05) is 37.8 Å². The third kappa shape index (κ3) is 8.83. The highest BCUT2D eigenvalue weighted by atomic mass is 16.5. The van der Waals surface area contributed by atoms with Crippen molar-refractivity contribution in [3.8, 4) is 0 Å². The van der Waals surface area contributed by atoms with Gasteiger partial charge in [-0.15, -0.1) is 0 Å². The largest absolute Gasteiger partial charge is 0.379 e. The van der Waals surface area contributed by atoms with Crippen molar-refractivity contribution in [2.24, 2.45) is 4.99 Å². The van der Waals surface area contributed by atoms with Crippen molar-refractivity contribution >= 4 is 11.9 Å². The number of hydrogen-bond donors (Lipinski definition) is 3. The van der Waals surface area contributed by atoms with Gasteiger partial charge in [-0.2, -0.15) is 0 Å². The van der Waals surface area contributed by atoms with Crippen LogP contribution in [0.2, 0.25) is 0 Å². The van der Waals surface area contributed by atoms with Crippen LogP contribution in [0.3, 0.4) is 0 Å². The molecular weight excluding hydrogens is 366 g/mol. The monoisotopic (exact) mass is 403 g/mol. The van der Waals surface area contributed by atoms with E-state index in [0.717, 1.165) is 70.3 Å². The highest BCUT2D eigenvalue weighted by Crippen LogP contribution is 2.07. The zero-order chi connectivity index (χ0) is 20.9. The van der Waals surface area contributed by atoms with Crippen LogP contribution in [-0.4, -0.2) is 68.7 Å². The quantitative estimate of drug-likeness (QED) is 0.316. The van der Waals surface area contributed by atoms with E-state index in [2.05, 4.69) is 39.7 Å². The Morgan fingerprint density at radius 2 is 2.03 bits per heavy atom. The number of ether oxygens (including phenoxy) is 1. The van der Waals surface area contributed by atoms with Crippen molar-refractivity contribution < 1.29 is 9.53 Å². The second-order valence-corrected chi connectivity index (χ2v) is 7.41. The van der Waals surface area contributed by atoms with Crippen molar-refractivity contribution in [2.45, 2.75) is 46.2 Å². The zero-order valence-electron chi connectivity index (χ0n) is 18.2. The second kappa shape index (κ2) is 13.2. The number of guanidine groups is 1. The normalized spacial score (nSPS) is 16.3. The summed E-state index contributed by atoms with van der Waals surface area (Å²) in [4.78, 5) is 19.4. The molecule has 1 aliphatic rings. The summed E-state index contributed by atoms with van der Waals surface area (Å²) in [5.74, 6) is 0.780. The van der Waals surface area contributed by atoms with Crippen molar-refractivity contribution in [3.63, 3.8) is 0 Å². The summed E-state index contributed by atoms with van der Waals surface area (Å²) in [6.45, 7) is 13.2. The number of carbonyl (C=O) groups excluding carboxylic acids is 1. The number of carbonyl (C=O) groups is 1. The van der Waals surface area contributed by atoms with Gasteiger partial charge in [0.15, 0.2) is 5.96 Å². The number of hydrogen-bond acceptors (Lipinski definition) is 4. The summed E-state index contributed by atoms with van der Waals surface area (Å²) in [6.07, 6.45) is 1.98. The predicted octanol–water partition coefficient (Wildman–Crippen LogP) is 1.99.